The van der Waals surface area contributed by atoms with Gasteiger partial charge in [-0.05, 0) is 54.2 Å². The van der Waals surface area contributed by atoms with Crippen LogP contribution in [0.4, 0.5) is 0 Å². The van der Waals surface area contributed by atoms with E-state index in [9.17, 15) is 19.8 Å². The maximum Gasteiger partial charge on any atom is 0.335 e. The van der Waals surface area contributed by atoms with Gasteiger partial charge in [0.1, 0.15) is 0 Å². The highest BCUT2D eigenvalue weighted by molar-refractivity contribution is 5.95. The van der Waals surface area contributed by atoms with Crippen LogP contribution in [0.25, 0.3) is 0 Å². The molecule has 0 aromatic heterocycles. The fraction of sp³-hybridized carbons (Fsp3) is 0.130. The summed E-state index contributed by atoms with van der Waals surface area (Å²) in [5.41, 5.74) is 4.27. The minimum absolute atomic E-state index is 0.144. The first-order chi connectivity index (χ1) is 12.9. The van der Waals surface area contributed by atoms with Crippen LogP contribution in [-0.4, -0.2) is 22.2 Å². The van der Waals surface area contributed by atoms with Gasteiger partial charge in [-0.25, -0.2) is 9.59 Å². The lowest BCUT2D eigenvalue weighted by Crippen LogP contribution is -2.11. The molecule has 2 N–H and O–H groups in total. The van der Waals surface area contributed by atoms with E-state index >= 15 is 0 Å². The van der Waals surface area contributed by atoms with Gasteiger partial charge in [0.25, 0.3) is 0 Å². The second kappa shape index (κ2) is 7.87. The van der Waals surface area contributed by atoms with Crippen LogP contribution >= 0.6 is 0 Å². The van der Waals surface area contributed by atoms with Gasteiger partial charge in [-0.1, -0.05) is 60.2 Å². The summed E-state index contributed by atoms with van der Waals surface area (Å²) in [7, 11) is 0. The molecule has 3 aromatic carbocycles. The summed E-state index contributed by atoms with van der Waals surface area (Å²) in [5.74, 6) is -2.11. The summed E-state index contributed by atoms with van der Waals surface area (Å²) in [6.07, 6.45) is 0.737. The van der Waals surface area contributed by atoms with Gasteiger partial charge < -0.3 is 10.2 Å². The van der Waals surface area contributed by atoms with E-state index in [0.717, 1.165) is 16.7 Å². The molecule has 0 aliphatic heterocycles. The van der Waals surface area contributed by atoms with Crippen molar-refractivity contribution in [1.29, 1.82) is 0 Å². The van der Waals surface area contributed by atoms with Crippen molar-refractivity contribution in [2.45, 2.75) is 19.8 Å². The Balaban J connectivity index is 2.05. The molecule has 3 rings (SSSR count). The molecule has 4 nitrogen and oxygen atoms in total. The number of hydrogen-bond acceptors (Lipinski definition) is 2. The van der Waals surface area contributed by atoms with Crippen LogP contribution in [0, 0.1) is 6.92 Å². The van der Waals surface area contributed by atoms with Crippen molar-refractivity contribution in [3.05, 3.63) is 106 Å². The van der Waals surface area contributed by atoms with Gasteiger partial charge in [0, 0.05) is 0 Å². The number of carboxylic acid groups (broad SMARTS) is 2. The van der Waals surface area contributed by atoms with Gasteiger partial charge in [-0.3, -0.25) is 0 Å². The third-order valence-electron chi connectivity index (χ3n) is 4.54. The number of carbonyl (C=O) groups is 2. The Kier molecular flexibility index (Phi) is 5.36. The monoisotopic (exact) mass is 360 g/mol. The van der Waals surface area contributed by atoms with Crippen LogP contribution in [0.15, 0.2) is 66.7 Å². The molecule has 0 atom stereocenters. The second-order valence-electron chi connectivity index (χ2n) is 6.60. The van der Waals surface area contributed by atoms with Gasteiger partial charge >= 0.3 is 11.9 Å². The molecule has 0 fully saturated rings. The zero-order chi connectivity index (χ0) is 19.4. The third kappa shape index (κ3) is 4.42. The standard InChI is InChI=1S/C23H20O4/c1-15-7-9-17(10-8-15)12-19-14-20(22(24)25)18(13-21(19)23(26)27)11-16-5-3-2-4-6-16/h2-10,13-14H,11-12H2,1H3,(H,24,25)(H,26,27). The van der Waals surface area contributed by atoms with Crippen LogP contribution in [0.3, 0.4) is 0 Å². The molecular weight excluding hydrogens is 340 g/mol. The number of benzene rings is 3. The highest BCUT2D eigenvalue weighted by Crippen LogP contribution is 2.23. The van der Waals surface area contributed by atoms with Crippen molar-refractivity contribution < 1.29 is 19.8 Å². The van der Waals surface area contributed by atoms with Gasteiger partial charge in [0.2, 0.25) is 0 Å². The van der Waals surface area contributed by atoms with Crippen LogP contribution in [0.1, 0.15) is 48.5 Å². The van der Waals surface area contributed by atoms with Gasteiger partial charge in [0.05, 0.1) is 11.1 Å². The van der Waals surface area contributed by atoms with Gasteiger partial charge in [0.15, 0.2) is 0 Å². The van der Waals surface area contributed by atoms with E-state index in [4.69, 9.17) is 0 Å². The smallest absolute Gasteiger partial charge is 0.335 e. The predicted octanol–water partition coefficient (Wildman–Crippen LogP) is 4.57. The SMILES string of the molecule is Cc1ccc(Cc2cc(C(=O)O)c(Cc3ccccc3)cc2C(=O)O)cc1. The first kappa shape index (κ1) is 18.4. The molecule has 3 aromatic rings. The lowest BCUT2D eigenvalue weighted by atomic mass is 9.91. The molecule has 0 saturated carbocycles. The Morgan fingerprint density at radius 2 is 1.15 bits per heavy atom. The van der Waals surface area contributed by atoms with Crippen LogP contribution in [-0.2, 0) is 12.8 Å². The summed E-state index contributed by atoms with van der Waals surface area (Å²) in [5, 5.41) is 19.3. The fourth-order valence-corrected chi connectivity index (χ4v) is 3.12. The minimum Gasteiger partial charge on any atom is -0.478 e. The van der Waals surface area contributed by atoms with E-state index in [0.29, 0.717) is 24.0 Å². The molecule has 0 bridgehead atoms. The molecule has 0 aliphatic rings. The molecule has 27 heavy (non-hydrogen) atoms. The largest absolute Gasteiger partial charge is 0.478 e. The van der Waals surface area contributed by atoms with Crippen molar-refractivity contribution in [2.24, 2.45) is 0 Å². The second-order valence-corrected chi connectivity index (χ2v) is 6.60. The zero-order valence-corrected chi connectivity index (χ0v) is 15.0. The van der Waals surface area contributed by atoms with E-state index in [2.05, 4.69) is 0 Å². The molecular formula is C23H20O4. The van der Waals surface area contributed by atoms with Crippen molar-refractivity contribution in [1.82, 2.24) is 0 Å². The van der Waals surface area contributed by atoms with Crippen molar-refractivity contribution >= 4 is 11.9 Å². The highest BCUT2D eigenvalue weighted by Gasteiger charge is 2.19. The third-order valence-corrected chi connectivity index (χ3v) is 4.54. The molecule has 0 spiro atoms. The summed E-state index contributed by atoms with van der Waals surface area (Å²) in [6, 6.07) is 20.2. The number of aryl methyl sites for hydroxylation is 1. The average molecular weight is 360 g/mol. The van der Waals surface area contributed by atoms with E-state index in [1.165, 1.54) is 12.1 Å². The van der Waals surface area contributed by atoms with Crippen molar-refractivity contribution in [3.8, 4) is 0 Å². The molecule has 4 heteroatoms. The lowest BCUT2D eigenvalue weighted by molar-refractivity contribution is 0.0679. The van der Waals surface area contributed by atoms with E-state index in [-0.39, 0.29) is 11.1 Å². The van der Waals surface area contributed by atoms with Crippen LogP contribution in [0.5, 0.6) is 0 Å². The van der Waals surface area contributed by atoms with E-state index < -0.39 is 11.9 Å². The number of aromatic carboxylic acids is 2. The summed E-state index contributed by atoms with van der Waals surface area (Å²) in [4.78, 5) is 23.6. The topological polar surface area (TPSA) is 74.6 Å². The summed E-state index contributed by atoms with van der Waals surface area (Å²) in [6.45, 7) is 1.98. The first-order valence-electron chi connectivity index (χ1n) is 8.66. The lowest BCUT2D eigenvalue weighted by Gasteiger charge is -2.13. The first-order valence-corrected chi connectivity index (χ1v) is 8.66. The van der Waals surface area contributed by atoms with Crippen molar-refractivity contribution in [3.63, 3.8) is 0 Å². The van der Waals surface area contributed by atoms with E-state index in [1.54, 1.807) is 0 Å². The summed E-state index contributed by atoms with van der Waals surface area (Å²) < 4.78 is 0. The Bertz CT molecular complexity index is 973. The number of rotatable bonds is 6. The molecule has 0 heterocycles. The Morgan fingerprint density at radius 1 is 0.704 bits per heavy atom. The predicted molar refractivity (Wildman–Crippen MR) is 104 cm³/mol. The highest BCUT2D eigenvalue weighted by atomic mass is 16.4. The van der Waals surface area contributed by atoms with Gasteiger partial charge in [-0.2, -0.15) is 0 Å². The minimum atomic E-state index is -1.05. The zero-order valence-electron chi connectivity index (χ0n) is 15.0. The average Bonchev–Trinajstić information content (AvgIpc) is 2.65. The van der Waals surface area contributed by atoms with Gasteiger partial charge in [-0.15, -0.1) is 0 Å². The number of carboxylic acids is 2. The molecule has 0 amide bonds. The molecule has 136 valence electrons. The molecule has 0 radical (unpaired) electrons. The maximum absolute atomic E-state index is 11.8. The molecule has 0 unspecified atom stereocenters. The van der Waals surface area contributed by atoms with E-state index in [1.807, 2.05) is 61.5 Å². The Labute approximate surface area is 157 Å². The van der Waals surface area contributed by atoms with Crippen molar-refractivity contribution in [2.75, 3.05) is 0 Å². The molecule has 0 saturated heterocycles. The summed E-state index contributed by atoms with van der Waals surface area (Å²) >= 11 is 0. The maximum atomic E-state index is 11.8. The fourth-order valence-electron chi connectivity index (χ4n) is 3.12. The molecule has 0 aliphatic carbocycles. The normalized spacial score (nSPS) is 10.6. The number of hydrogen-bond donors (Lipinski definition) is 2. The Morgan fingerprint density at radius 3 is 1.59 bits per heavy atom. The van der Waals surface area contributed by atoms with Crippen LogP contribution in [0.2, 0.25) is 0 Å². The van der Waals surface area contributed by atoms with Crippen LogP contribution < -0.4 is 0 Å². The Hall–Kier alpha value is -3.40. The quantitative estimate of drug-likeness (QED) is 0.675.